The third-order valence-electron chi connectivity index (χ3n) is 3.17. The molecular weight excluding hydrogens is 222 g/mol. The van der Waals surface area contributed by atoms with Crippen LogP contribution in [0.5, 0.6) is 17.2 Å². The second-order valence-electron chi connectivity index (χ2n) is 4.11. The van der Waals surface area contributed by atoms with Crippen molar-refractivity contribution in [3.63, 3.8) is 0 Å². The number of hydrogen-bond donors (Lipinski definition) is 0. The average molecular weight is 233 g/mol. The van der Waals surface area contributed by atoms with Gasteiger partial charge in [0, 0.05) is 0 Å². The standard InChI is InChI=1S/C12H11NO4/c1-15-8-2-3-9-11(17-7-16-9)10(8)12(4-5-12)13-6-14/h2-3H,4-5,7H2,1H3. The maximum absolute atomic E-state index is 10.5. The van der Waals surface area contributed by atoms with Crippen LogP contribution in [-0.4, -0.2) is 20.0 Å². The van der Waals surface area contributed by atoms with Gasteiger partial charge in [0.05, 0.1) is 12.7 Å². The predicted octanol–water partition coefficient (Wildman–Crippen LogP) is 1.75. The van der Waals surface area contributed by atoms with Crippen molar-refractivity contribution >= 4 is 6.08 Å². The van der Waals surface area contributed by atoms with E-state index in [1.807, 2.05) is 6.07 Å². The van der Waals surface area contributed by atoms with Crippen LogP contribution < -0.4 is 14.2 Å². The van der Waals surface area contributed by atoms with Crippen molar-refractivity contribution in [3.05, 3.63) is 17.7 Å². The molecule has 0 amide bonds. The average Bonchev–Trinajstić information content (AvgIpc) is 2.96. The molecule has 88 valence electrons. The molecule has 1 saturated carbocycles. The quantitative estimate of drug-likeness (QED) is 0.589. The lowest BCUT2D eigenvalue weighted by molar-refractivity contribution is 0.172. The lowest BCUT2D eigenvalue weighted by Gasteiger charge is -2.15. The molecule has 1 aliphatic heterocycles. The monoisotopic (exact) mass is 233 g/mol. The predicted molar refractivity (Wildman–Crippen MR) is 58.2 cm³/mol. The van der Waals surface area contributed by atoms with Crippen LogP contribution in [0.1, 0.15) is 18.4 Å². The van der Waals surface area contributed by atoms with Crippen molar-refractivity contribution in [2.24, 2.45) is 4.99 Å². The zero-order valence-corrected chi connectivity index (χ0v) is 9.36. The Morgan fingerprint density at radius 3 is 2.88 bits per heavy atom. The molecular formula is C12H11NO4. The minimum absolute atomic E-state index is 0.191. The van der Waals surface area contributed by atoms with Crippen LogP contribution in [0.4, 0.5) is 0 Å². The van der Waals surface area contributed by atoms with E-state index in [2.05, 4.69) is 4.99 Å². The summed E-state index contributed by atoms with van der Waals surface area (Å²) < 4.78 is 16.1. The van der Waals surface area contributed by atoms with E-state index >= 15 is 0 Å². The number of ether oxygens (including phenoxy) is 3. The summed E-state index contributed by atoms with van der Waals surface area (Å²) in [6, 6.07) is 3.61. The second-order valence-corrected chi connectivity index (χ2v) is 4.11. The summed E-state index contributed by atoms with van der Waals surface area (Å²) in [5.74, 6) is 1.99. The van der Waals surface area contributed by atoms with Crippen LogP contribution in [0.25, 0.3) is 0 Å². The van der Waals surface area contributed by atoms with Gasteiger partial charge < -0.3 is 14.2 Å². The van der Waals surface area contributed by atoms with Gasteiger partial charge in [-0.05, 0) is 25.0 Å². The van der Waals surface area contributed by atoms with Gasteiger partial charge in [-0.3, -0.25) is 0 Å². The van der Waals surface area contributed by atoms with Gasteiger partial charge in [-0.15, -0.1) is 0 Å². The van der Waals surface area contributed by atoms with Crippen molar-refractivity contribution in [3.8, 4) is 17.2 Å². The highest BCUT2D eigenvalue weighted by Gasteiger charge is 2.50. The van der Waals surface area contributed by atoms with Crippen molar-refractivity contribution in [2.75, 3.05) is 13.9 Å². The number of rotatable bonds is 3. The lowest BCUT2D eigenvalue weighted by Crippen LogP contribution is -2.07. The third-order valence-corrected chi connectivity index (χ3v) is 3.17. The fourth-order valence-corrected chi connectivity index (χ4v) is 2.19. The number of fused-ring (bicyclic) bond motifs is 1. The maximum Gasteiger partial charge on any atom is 0.235 e. The summed E-state index contributed by atoms with van der Waals surface area (Å²) in [4.78, 5) is 14.4. The van der Waals surface area contributed by atoms with E-state index in [0.29, 0.717) is 17.2 Å². The van der Waals surface area contributed by atoms with E-state index in [1.165, 1.54) is 0 Å². The molecule has 0 aromatic heterocycles. The largest absolute Gasteiger partial charge is 0.496 e. The molecule has 0 atom stereocenters. The van der Waals surface area contributed by atoms with Gasteiger partial charge in [0.1, 0.15) is 11.3 Å². The maximum atomic E-state index is 10.5. The highest BCUT2D eigenvalue weighted by Crippen LogP contribution is 2.58. The summed E-state index contributed by atoms with van der Waals surface area (Å²) in [5.41, 5.74) is 0.282. The molecule has 0 unspecified atom stereocenters. The van der Waals surface area contributed by atoms with E-state index in [9.17, 15) is 4.79 Å². The van der Waals surface area contributed by atoms with Crippen molar-refractivity contribution < 1.29 is 19.0 Å². The van der Waals surface area contributed by atoms with Crippen molar-refractivity contribution in [1.82, 2.24) is 0 Å². The molecule has 0 N–H and O–H groups in total. The number of benzene rings is 1. The molecule has 1 heterocycles. The van der Waals surface area contributed by atoms with Gasteiger partial charge in [0.2, 0.25) is 12.9 Å². The van der Waals surface area contributed by atoms with Gasteiger partial charge in [-0.1, -0.05) is 0 Å². The lowest BCUT2D eigenvalue weighted by atomic mass is 10.0. The summed E-state index contributed by atoms with van der Waals surface area (Å²) in [6.45, 7) is 0.191. The molecule has 1 fully saturated rings. The van der Waals surface area contributed by atoms with Crippen molar-refractivity contribution in [2.45, 2.75) is 18.4 Å². The molecule has 0 saturated heterocycles. The van der Waals surface area contributed by atoms with Gasteiger partial charge in [0.25, 0.3) is 0 Å². The first-order valence-electron chi connectivity index (χ1n) is 5.37. The number of isocyanates is 1. The Labute approximate surface area is 98.0 Å². The number of nitrogens with zero attached hydrogens (tertiary/aromatic N) is 1. The number of aliphatic imine (C=N–C) groups is 1. The Morgan fingerprint density at radius 1 is 1.41 bits per heavy atom. The number of carbonyl (C=O) groups excluding carboxylic acids is 1. The van der Waals surface area contributed by atoms with Gasteiger partial charge >= 0.3 is 0 Å². The first kappa shape index (κ1) is 10.2. The van der Waals surface area contributed by atoms with E-state index in [0.717, 1.165) is 18.4 Å². The SMILES string of the molecule is COc1ccc2c(c1C1(N=C=O)CC1)OCO2. The zero-order chi connectivity index (χ0) is 11.9. The molecule has 1 aliphatic carbocycles. The van der Waals surface area contributed by atoms with Crippen LogP contribution in [0.2, 0.25) is 0 Å². The van der Waals surface area contributed by atoms with Crippen LogP contribution >= 0.6 is 0 Å². The van der Waals surface area contributed by atoms with Crippen LogP contribution in [-0.2, 0) is 10.3 Å². The topological polar surface area (TPSA) is 57.1 Å². The summed E-state index contributed by atoms with van der Waals surface area (Å²) in [5, 5.41) is 0. The third kappa shape index (κ3) is 1.40. The molecule has 1 aromatic rings. The molecule has 2 aliphatic rings. The smallest absolute Gasteiger partial charge is 0.235 e. The molecule has 5 heteroatoms. The van der Waals surface area contributed by atoms with Crippen LogP contribution in [0.15, 0.2) is 17.1 Å². The number of methoxy groups -OCH3 is 1. The van der Waals surface area contributed by atoms with Gasteiger partial charge in [0.15, 0.2) is 11.5 Å². The normalized spacial score (nSPS) is 18.4. The molecule has 3 rings (SSSR count). The highest BCUT2D eigenvalue weighted by atomic mass is 16.7. The van der Waals surface area contributed by atoms with E-state index < -0.39 is 5.54 Å². The molecule has 0 spiro atoms. The fraction of sp³-hybridized carbons (Fsp3) is 0.417. The highest BCUT2D eigenvalue weighted by molar-refractivity contribution is 5.61. The second kappa shape index (κ2) is 3.50. The van der Waals surface area contributed by atoms with E-state index in [-0.39, 0.29) is 6.79 Å². The minimum Gasteiger partial charge on any atom is -0.496 e. The molecule has 0 radical (unpaired) electrons. The minimum atomic E-state index is -0.522. The van der Waals surface area contributed by atoms with Crippen LogP contribution in [0.3, 0.4) is 0 Å². The first-order valence-corrected chi connectivity index (χ1v) is 5.37. The van der Waals surface area contributed by atoms with Gasteiger partial charge in [-0.25, -0.2) is 4.79 Å². The van der Waals surface area contributed by atoms with Crippen molar-refractivity contribution in [1.29, 1.82) is 0 Å². The molecule has 0 bridgehead atoms. The Balaban J connectivity index is 2.20. The summed E-state index contributed by atoms with van der Waals surface area (Å²) >= 11 is 0. The Kier molecular flexibility index (Phi) is 2.09. The van der Waals surface area contributed by atoms with Gasteiger partial charge in [-0.2, -0.15) is 4.99 Å². The van der Waals surface area contributed by atoms with E-state index in [4.69, 9.17) is 14.2 Å². The number of hydrogen-bond acceptors (Lipinski definition) is 5. The van der Waals surface area contributed by atoms with Crippen LogP contribution in [0, 0.1) is 0 Å². The fourth-order valence-electron chi connectivity index (χ4n) is 2.19. The summed E-state index contributed by atoms with van der Waals surface area (Å²) in [6.07, 6.45) is 3.24. The molecule has 5 nitrogen and oxygen atoms in total. The molecule has 1 aromatic carbocycles. The molecule has 17 heavy (non-hydrogen) atoms. The van der Waals surface area contributed by atoms with E-state index in [1.54, 1.807) is 19.3 Å². The summed E-state index contributed by atoms with van der Waals surface area (Å²) in [7, 11) is 1.59. The Hall–Kier alpha value is -2.00. The Bertz CT molecular complexity index is 515. The first-order chi connectivity index (χ1) is 8.30. The zero-order valence-electron chi connectivity index (χ0n) is 9.36. The Morgan fingerprint density at radius 2 is 2.24 bits per heavy atom.